The van der Waals surface area contributed by atoms with Crippen LogP contribution in [0.3, 0.4) is 0 Å². The summed E-state index contributed by atoms with van der Waals surface area (Å²) in [6.45, 7) is 4.44. The minimum absolute atomic E-state index is 0.283. The van der Waals surface area contributed by atoms with Crippen molar-refractivity contribution in [3.05, 3.63) is 42.0 Å². The van der Waals surface area contributed by atoms with E-state index in [4.69, 9.17) is 0 Å². The number of rotatable bonds is 5. The zero-order valence-electron chi connectivity index (χ0n) is 11.0. The highest BCUT2D eigenvalue weighted by molar-refractivity contribution is 5.14. The predicted molar refractivity (Wildman–Crippen MR) is 67.8 cm³/mol. The van der Waals surface area contributed by atoms with Gasteiger partial charge < -0.3 is 5.11 Å². The van der Waals surface area contributed by atoms with Crippen LogP contribution in [0.5, 0.6) is 0 Å². The van der Waals surface area contributed by atoms with Crippen LogP contribution in [0.15, 0.2) is 24.7 Å². The first-order chi connectivity index (χ1) is 9.03. The SMILES string of the molecule is CCCn1ncnc1CC(C)(O)c1ccc(F)cn1. The zero-order chi connectivity index (χ0) is 13.9. The summed E-state index contributed by atoms with van der Waals surface area (Å²) in [6.07, 6.45) is 3.79. The second kappa shape index (κ2) is 5.44. The lowest BCUT2D eigenvalue weighted by Gasteiger charge is -2.22. The van der Waals surface area contributed by atoms with Gasteiger partial charge in [0, 0.05) is 13.0 Å². The molecule has 0 fully saturated rings. The van der Waals surface area contributed by atoms with E-state index in [1.165, 1.54) is 18.5 Å². The molecule has 0 aliphatic rings. The Balaban J connectivity index is 2.20. The van der Waals surface area contributed by atoms with Crippen LogP contribution in [-0.4, -0.2) is 24.9 Å². The van der Waals surface area contributed by atoms with Crippen molar-refractivity contribution in [2.75, 3.05) is 0 Å². The molecule has 2 aromatic heterocycles. The van der Waals surface area contributed by atoms with Gasteiger partial charge >= 0.3 is 0 Å². The smallest absolute Gasteiger partial charge is 0.141 e. The minimum Gasteiger partial charge on any atom is -0.383 e. The number of aromatic nitrogens is 4. The highest BCUT2D eigenvalue weighted by Crippen LogP contribution is 2.22. The lowest BCUT2D eigenvalue weighted by Crippen LogP contribution is -2.27. The van der Waals surface area contributed by atoms with E-state index in [1.54, 1.807) is 11.6 Å². The van der Waals surface area contributed by atoms with Gasteiger partial charge in [0.05, 0.1) is 11.9 Å². The van der Waals surface area contributed by atoms with Crippen molar-refractivity contribution >= 4 is 0 Å². The lowest BCUT2D eigenvalue weighted by atomic mass is 9.97. The molecule has 2 aromatic rings. The summed E-state index contributed by atoms with van der Waals surface area (Å²) in [5.41, 5.74) is -0.786. The van der Waals surface area contributed by atoms with E-state index in [1.807, 2.05) is 6.92 Å². The Labute approximate surface area is 111 Å². The topological polar surface area (TPSA) is 63.8 Å². The normalized spacial score (nSPS) is 14.3. The molecule has 0 saturated carbocycles. The number of pyridine rings is 1. The maximum Gasteiger partial charge on any atom is 0.141 e. The highest BCUT2D eigenvalue weighted by atomic mass is 19.1. The molecule has 0 bridgehead atoms. The van der Waals surface area contributed by atoms with Gasteiger partial charge in [0.2, 0.25) is 0 Å². The van der Waals surface area contributed by atoms with Crippen LogP contribution in [0.4, 0.5) is 4.39 Å². The van der Waals surface area contributed by atoms with Crippen molar-refractivity contribution < 1.29 is 9.50 Å². The molecule has 0 aromatic carbocycles. The number of aliphatic hydroxyl groups is 1. The molecule has 1 atom stereocenters. The highest BCUT2D eigenvalue weighted by Gasteiger charge is 2.27. The van der Waals surface area contributed by atoms with Gasteiger partial charge in [-0.1, -0.05) is 6.92 Å². The van der Waals surface area contributed by atoms with Crippen molar-refractivity contribution in [3.8, 4) is 0 Å². The average molecular weight is 264 g/mol. The molecular weight excluding hydrogens is 247 g/mol. The summed E-state index contributed by atoms with van der Waals surface area (Å²) in [4.78, 5) is 8.08. The Morgan fingerprint density at radius 1 is 1.37 bits per heavy atom. The van der Waals surface area contributed by atoms with Crippen LogP contribution in [0, 0.1) is 5.82 Å². The second-order valence-electron chi connectivity index (χ2n) is 4.71. The molecule has 5 nitrogen and oxygen atoms in total. The quantitative estimate of drug-likeness (QED) is 0.892. The Bertz CT molecular complexity index is 536. The van der Waals surface area contributed by atoms with Gasteiger partial charge in [0.1, 0.15) is 23.6 Å². The van der Waals surface area contributed by atoms with Crippen LogP contribution >= 0.6 is 0 Å². The fraction of sp³-hybridized carbons (Fsp3) is 0.462. The van der Waals surface area contributed by atoms with E-state index in [0.29, 0.717) is 11.5 Å². The fourth-order valence-electron chi connectivity index (χ4n) is 1.92. The third-order valence-corrected chi connectivity index (χ3v) is 2.91. The largest absolute Gasteiger partial charge is 0.383 e. The van der Waals surface area contributed by atoms with Crippen LogP contribution in [-0.2, 0) is 18.6 Å². The summed E-state index contributed by atoms with van der Waals surface area (Å²) in [5, 5.41) is 14.6. The van der Waals surface area contributed by atoms with Gasteiger partial charge in [-0.25, -0.2) is 14.1 Å². The molecule has 2 rings (SSSR count). The Morgan fingerprint density at radius 2 is 2.16 bits per heavy atom. The van der Waals surface area contributed by atoms with E-state index in [-0.39, 0.29) is 6.42 Å². The molecule has 0 radical (unpaired) electrons. The number of hydrogen-bond donors (Lipinski definition) is 1. The van der Waals surface area contributed by atoms with Crippen molar-refractivity contribution in [2.24, 2.45) is 0 Å². The molecule has 1 N–H and O–H groups in total. The number of halogens is 1. The molecule has 0 amide bonds. The van der Waals surface area contributed by atoms with Crippen molar-refractivity contribution in [2.45, 2.75) is 38.8 Å². The van der Waals surface area contributed by atoms with Crippen LogP contribution in [0.1, 0.15) is 31.8 Å². The van der Waals surface area contributed by atoms with E-state index in [2.05, 4.69) is 15.1 Å². The van der Waals surface area contributed by atoms with E-state index >= 15 is 0 Å². The minimum atomic E-state index is -1.20. The van der Waals surface area contributed by atoms with Gasteiger partial charge in [-0.15, -0.1) is 0 Å². The summed E-state index contributed by atoms with van der Waals surface area (Å²) in [7, 11) is 0. The third-order valence-electron chi connectivity index (χ3n) is 2.91. The number of hydrogen-bond acceptors (Lipinski definition) is 4. The molecule has 0 spiro atoms. The summed E-state index contributed by atoms with van der Waals surface area (Å²) in [5.74, 6) is 0.270. The maximum absolute atomic E-state index is 12.8. The first kappa shape index (κ1) is 13.6. The zero-order valence-corrected chi connectivity index (χ0v) is 11.0. The molecule has 6 heteroatoms. The van der Waals surface area contributed by atoms with Crippen LogP contribution < -0.4 is 0 Å². The Morgan fingerprint density at radius 3 is 2.79 bits per heavy atom. The monoisotopic (exact) mass is 264 g/mol. The van der Waals surface area contributed by atoms with Crippen LogP contribution in [0.2, 0.25) is 0 Å². The van der Waals surface area contributed by atoms with Gasteiger partial charge in [-0.3, -0.25) is 4.98 Å². The van der Waals surface area contributed by atoms with Gasteiger partial charge in [-0.05, 0) is 25.5 Å². The Hall–Kier alpha value is -1.82. The molecular formula is C13H17FN4O. The van der Waals surface area contributed by atoms with Crippen molar-refractivity contribution in [1.29, 1.82) is 0 Å². The first-order valence-corrected chi connectivity index (χ1v) is 6.24. The summed E-state index contributed by atoms with van der Waals surface area (Å²) < 4.78 is 14.6. The summed E-state index contributed by atoms with van der Waals surface area (Å²) in [6, 6.07) is 2.77. The van der Waals surface area contributed by atoms with Gasteiger partial charge in [0.15, 0.2) is 0 Å². The molecule has 0 saturated heterocycles. The molecule has 102 valence electrons. The maximum atomic E-state index is 12.8. The second-order valence-corrected chi connectivity index (χ2v) is 4.71. The van der Waals surface area contributed by atoms with E-state index in [0.717, 1.165) is 19.2 Å². The summed E-state index contributed by atoms with van der Waals surface area (Å²) >= 11 is 0. The average Bonchev–Trinajstić information content (AvgIpc) is 2.77. The van der Waals surface area contributed by atoms with Crippen molar-refractivity contribution in [3.63, 3.8) is 0 Å². The lowest BCUT2D eigenvalue weighted by molar-refractivity contribution is 0.0495. The van der Waals surface area contributed by atoms with Gasteiger partial charge in [0.25, 0.3) is 0 Å². The fourth-order valence-corrected chi connectivity index (χ4v) is 1.92. The molecule has 0 aliphatic carbocycles. The number of nitrogens with zero attached hydrogens (tertiary/aromatic N) is 4. The standard InChI is InChI=1S/C13H17FN4O/c1-3-6-18-12(16-9-17-18)7-13(2,19)11-5-4-10(14)8-15-11/h4-5,8-9,19H,3,6-7H2,1-2H3. The first-order valence-electron chi connectivity index (χ1n) is 6.24. The predicted octanol–water partition coefficient (Wildman–Crippen LogP) is 1.67. The van der Waals surface area contributed by atoms with Crippen LogP contribution in [0.25, 0.3) is 0 Å². The van der Waals surface area contributed by atoms with E-state index in [9.17, 15) is 9.50 Å². The van der Waals surface area contributed by atoms with E-state index < -0.39 is 11.4 Å². The molecule has 0 aliphatic heterocycles. The van der Waals surface area contributed by atoms with Crippen molar-refractivity contribution in [1.82, 2.24) is 19.7 Å². The van der Waals surface area contributed by atoms with Gasteiger partial charge in [-0.2, -0.15) is 5.10 Å². The molecule has 1 unspecified atom stereocenters. The third kappa shape index (κ3) is 3.14. The molecule has 2 heterocycles. The molecule has 19 heavy (non-hydrogen) atoms. The number of aryl methyl sites for hydroxylation is 1. The Kier molecular flexibility index (Phi) is 3.90.